The van der Waals surface area contributed by atoms with Crippen LogP contribution in [-0.2, 0) is 7.05 Å². The zero-order valence-electron chi connectivity index (χ0n) is 7.70. The number of hydrogen-bond donors (Lipinski definition) is 2. The number of nitrogens with zero attached hydrogens (tertiary/aromatic N) is 2. The van der Waals surface area contributed by atoms with Crippen LogP contribution < -0.4 is 5.32 Å². The fourth-order valence-electron chi connectivity index (χ4n) is 1.25. The summed E-state index contributed by atoms with van der Waals surface area (Å²) in [6.07, 6.45) is 1.39. The van der Waals surface area contributed by atoms with E-state index in [4.69, 9.17) is 0 Å². The van der Waals surface area contributed by atoms with E-state index < -0.39 is 6.10 Å². The standard InChI is InChI=1S/C8H15N3O/c1-6-7(5-11(3)10-6)8(12)4-9-2/h5,8-9,12H,4H2,1-3H3. The van der Waals surface area contributed by atoms with Gasteiger partial charge in [0.25, 0.3) is 0 Å². The Morgan fingerprint density at radius 3 is 2.83 bits per heavy atom. The molecular formula is C8H15N3O. The number of rotatable bonds is 3. The van der Waals surface area contributed by atoms with Crippen molar-refractivity contribution >= 4 is 0 Å². The molecule has 0 aliphatic carbocycles. The third-order valence-corrected chi connectivity index (χ3v) is 1.81. The van der Waals surface area contributed by atoms with Crippen LogP contribution >= 0.6 is 0 Å². The molecule has 2 N–H and O–H groups in total. The Morgan fingerprint density at radius 2 is 2.42 bits per heavy atom. The Kier molecular flexibility index (Phi) is 2.83. The normalized spacial score (nSPS) is 13.3. The van der Waals surface area contributed by atoms with Crippen molar-refractivity contribution in [3.63, 3.8) is 0 Å². The first kappa shape index (κ1) is 9.22. The van der Waals surface area contributed by atoms with Crippen LogP contribution in [0.1, 0.15) is 17.4 Å². The topological polar surface area (TPSA) is 50.1 Å². The van der Waals surface area contributed by atoms with E-state index in [9.17, 15) is 5.11 Å². The highest BCUT2D eigenvalue weighted by atomic mass is 16.3. The molecule has 1 atom stereocenters. The van der Waals surface area contributed by atoms with Crippen molar-refractivity contribution in [1.29, 1.82) is 0 Å². The van der Waals surface area contributed by atoms with Gasteiger partial charge in [0, 0.05) is 25.4 Å². The van der Waals surface area contributed by atoms with Crippen LogP contribution in [0.25, 0.3) is 0 Å². The Hall–Kier alpha value is -0.870. The second-order valence-corrected chi connectivity index (χ2v) is 2.92. The molecule has 0 spiro atoms. The molecule has 0 radical (unpaired) electrons. The molecule has 1 heterocycles. The van der Waals surface area contributed by atoms with Crippen molar-refractivity contribution in [3.8, 4) is 0 Å². The fraction of sp³-hybridized carbons (Fsp3) is 0.625. The first-order valence-electron chi connectivity index (χ1n) is 3.98. The number of aliphatic hydroxyl groups is 1. The molecular weight excluding hydrogens is 154 g/mol. The van der Waals surface area contributed by atoms with Crippen molar-refractivity contribution in [2.75, 3.05) is 13.6 Å². The molecule has 0 fully saturated rings. The highest BCUT2D eigenvalue weighted by molar-refractivity contribution is 5.18. The van der Waals surface area contributed by atoms with Gasteiger partial charge in [-0.2, -0.15) is 5.10 Å². The quantitative estimate of drug-likeness (QED) is 0.668. The first-order valence-corrected chi connectivity index (χ1v) is 3.98. The monoisotopic (exact) mass is 169 g/mol. The van der Waals surface area contributed by atoms with Crippen molar-refractivity contribution in [3.05, 3.63) is 17.5 Å². The molecule has 1 rings (SSSR count). The predicted molar refractivity (Wildman–Crippen MR) is 46.8 cm³/mol. The van der Waals surface area contributed by atoms with E-state index in [1.807, 2.05) is 27.2 Å². The van der Waals surface area contributed by atoms with Crippen molar-refractivity contribution in [2.24, 2.45) is 7.05 Å². The maximum atomic E-state index is 9.60. The lowest BCUT2D eigenvalue weighted by atomic mass is 10.1. The largest absolute Gasteiger partial charge is 0.387 e. The molecule has 0 amide bonds. The minimum atomic E-state index is -0.455. The molecule has 0 saturated carbocycles. The summed E-state index contributed by atoms with van der Waals surface area (Å²) in [6.45, 7) is 2.46. The van der Waals surface area contributed by atoms with Gasteiger partial charge in [0.2, 0.25) is 0 Å². The summed E-state index contributed by atoms with van der Waals surface area (Å²) in [4.78, 5) is 0. The molecule has 0 bridgehead atoms. The summed E-state index contributed by atoms with van der Waals surface area (Å²) in [6, 6.07) is 0. The van der Waals surface area contributed by atoms with E-state index in [0.717, 1.165) is 11.3 Å². The maximum absolute atomic E-state index is 9.60. The van der Waals surface area contributed by atoms with Gasteiger partial charge in [0.15, 0.2) is 0 Å². The second kappa shape index (κ2) is 3.69. The zero-order chi connectivity index (χ0) is 9.14. The number of hydrogen-bond acceptors (Lipinski definition) is 3. The zero-order valence-corrected chi connectivity index (χ0v) is 7.70. The van der Waals surface area contributed by atoms with E-state index in [0.29, 0.717) is 6.54 Å². The first-order chi connectivity index (χ1) is 5.65. The van der Waals surface area contributed by atoms with Gasteiger partial charge in [0.1, 0.15) is 0 Å². The molecule has 4 nitrogen and oxygen atoms in total. The maximum Gasteiger partial charge on any atom is 0.0947 e. The highest BCUT2D eigenvalue weighted by Gasteiger charge is 2.11. The van der Waals surface area contributed by atoms with Crippen LogP contribution in [0.4, 0.5) is 0 Å². The summed E-state index contributed by atoms with van der Waals surface area (Å²) < 4.78 is 1.71. The highest BCUT2D eigenvalue weighted by Crippen LogP contribution is 2.14. The summed E-state index contributed by atoms with van der Waals surface area (Å²) in [5, 5.41) is 16.7. The minimum absolute atomic E-state index is 0.455. The lowest BCUT2D eigenvalue weighted by Crippen LogP contribution is -2.16. The Labute approximate surface area is 72.2 Å². The molecule has 0 aromatic carbocycles. The van der Waals surface area contributed by atoms with Gasteiger partial charge in [-0.15, -0.1) is 0 Å². The fourth-order valence-corrected chi connectivity index (χ4v) is 1.25. The number of aromatic nitrogens is 2. The predicted octanol–water partition coefficient (Wildman–Crippen LogP) is -0.0187. The van der Waals surface area contributed by atoms with E-state index in [1.54, 1.807) is 4.68 Å². The van der Waals surface area contributed by atoms with E-state index in [1.165, 1.54) is 0 Å². The molecule has 0 aliphatic heterocycles. The number of aryl methyl sites for hydroxylation is 2. The Bertz CT molecular complexity index is 257. The van der Waals surface area contributed by atoms with Crippen molar-refractivity contribution in [2.45, 2.75) is 13.0 Å². The van der Waals surface area contributed by atoms with Crippen LogP contribution in [0.2, 0.25) is 0 Å². The minimum Gasteiger partial charge on any atom is -0.387 e. The molecule has 1 aromatic heterocycles. The molecule has 68 valence electrons. The van der Waals surface area contributed by atoms with E-state index in [2.05, 4.69) is 10.4 Å². The van der Waals surface area contributed by atoms with Gasteiger partial charge >= 0.3 is 0 Å². The van der Waals surface area contributed by atoms with Crippen LogP contribution in [0.5, 0.6) is 0 Å². The summed E-state index contributed by atoms with van der Waals surface area (Å²) in [7, 11) is 3.66. The third-order valence-electron chi connectivity index (χ3n) is 1.81. The molecule has 1 aromatic rings. The molecule has 4 heteroatoms. The average molecular weight is 169 g/mol. The van der Waals surface area contributed by atoms with Gasteiger partial charge < -0.3 is 10.4 Å². The second-order valence-electron chi connectivity index (χ2n) is 2.92. The number of aliphatic hydroxyl groups excluding tert-OH is 1. The molecule has 12 heavy (non-hydrogen) atoms. The van der Waals surface area contributed by atoms with E-state index >= 15 is 0 Å². The smallest absolute Gasteiger partial charge is 0.0947 e. The molecule has 1 unspecified atom stereocenters. The molecule has 0 aliphatic rings. The van der Waals surface area contributed by atoms with Crippen LogP contribution in [-0.4, -0.2) is 28.5 Å². The van der Waals surface area contributed by atoms with Crippen LogP contribution in [0, 0.1) is 6.92 Å². The van der Waals surface area contributed by atoms with Gasteiger partial charge in [-0.05, 0) is 14.0 Å². The summed E-state index contributed by atoms with van der Waals surface area (Å²) in [5.74, 6) is 0. The van der Waals surface area contributed by atoms with Crippen LogP contribution in [0.15, 0.2) is 6.20 Å². The molecule has 0 saturated heterocycles. The Balaban J connectivity index is 2.79. The van der Waals surface area contributed by atoms with Crippen LogP contribution in [0.3, 0.4) is 0 Å². The Morgan fingerprint density at radius 1 is 1.75 bits per heavy atom. The van der Waals surface area contributed by atoms with E-state index in [-0.39, 0.29) is 0 Å². The lowest BCUT2D eigenvalue weighted by molar-refractivity contribution is 0.177. The third kappa shape index (κ3) is 1.84. The van der Waals surface area contributed by atoms with Gasteiger partial charge in [-0.1, -0.05) is 0 Å². The summed E-state index contributed by atoms with van der Waals surface area (Å²) in [5.41, 5.74) is 1.78. The van der Waals surface area contributed by atoms with Crippen molar-refractivity contribution < 1.29 is 5.11 Å². The lowest BCUT2D eigenvalue weighted by Gasteiger charge is -2.07. The average Bonchev–Trinajstić information content (AvgIpc) is 2.30. The summed E-state index contributed by atoms with van der Waals surface area (Å²) >= 11 is 0. The number of nitrogens with one attached hydrogen (secondary N) is 1. The van der Waals surface area contributed by atoms with Gasteiger partial charge in [0.05, 0.1) is 11.8 Å². The van der Waals surface area contributed by atoms with Gasteiger partial charge in [-0.25, -0.2) is 0 Å². The van der Waals surface area contributed by atoms with Crippen molar-refractivity contribution in [1.82, 2.24) is 15.1 Å². The van der Waals surface area contributed by atoms with Gasteiger partial charge in [-0.3, -0.25) is 4.68 Å². The SMILES string of the molecule is CNCC(O)c1cn(C)nc1C. The number of likely N-dealkylation sites (N-methyl/N-ethyl adjacent to an activating group) is 1.